The van der Waals surface area contributed by atoms with Crippen LogP contribution in [0.25, 0.3) is 10.9 Å². The Kier molecular flexibility index (Phi) is 5.09. The molecule has 0 unspecified atom stereocenters. The maximum absolute atomic E-state index is 14.2. The summed E-state index contributed by atoms with van der Waals surface area (Å²) in [5.74, 6) is -0.587. The third kappa shape index (κ3) is 3.62. The predicted octanol–water partition coefficient (Wildman–Crippen LogP) is 4.63. The molecule has 0 radical (unpaired) electrons. The molecule has 5 heteroatoms. The van der Waals surface area contributed by atoms with Gasteiger partial charge in [0.1, 0.15) is 5.82 Å². The molecule has 0 N–H and O–H groups in total. The number of aromatic nitrogens is 1. The Bertz CT molecular complexity index is 1030. The summed E-state index contributed by atoms with van der Waals surface area (Å²) in [6, 6.07) is 15.0. The number of hydrogen-bond acceptors (Lipinski definition) is 4. The summed E-state index contributed by atoms with van der Waals surface area (Å²) >= 11 is 0. The molecule has 0 amide bonds. The molecule has 1 heterocycles. The number of ether oxygens (including phenoxy) is 1. The van der Waals surface area contributed by atoms with Crippen molar-refractivity contribution in [2.45, 2.75) is 38.9 Å². The molecule has 0 spiro atoms. The van der Waals surface area contributed by atoms with Gasteiger partial charge in [0.15, 0.2) is 0 Å². The van der Waals surface area contributed by atoms with Gasteiger partial charge in [0.2, 0.25) is 0 Å². The molecule has 3 aromatic rings. The summed E-state index contributed by atoms with van der Waals surface area (Å²) in [5.41, 5.74) is 3.58. The lowest BCUT2D eigenvalue weighted by Crippen LogP contribution is -2.27. The molecule has 1 fully saturated rings. The van der Waals surface area contributed by atoms with Crippen molar-refractivity contribution in [1.29, 1.82) is 0 Å². The minimum atomic E-state index is -0.382. The molecule has 1 aliphatic carbocycles. The molecule has 0 bridgehead atoms. The van der Waals surface area contributed by atoms with Crippen LogP contribution in [0.15, 0.2) is 48.5 Å². The predicted molar refractivity (Wildman–Crippen MR) is 106 cm³/mol. The van der Waals surface area contributed by atoms with E-state index in [1.807, 2.05) is 43.3 Å². The van der Waals surface area contributed by atoms with Gasteiger partial charge in [-0.3, -0.25) is 9.88 Å². The van der Waals surface area contributed by atoms with E-state index >= 15 is 0 Å². The van der Waals surface area contributed by atoms with E-state index in [-0.39, 0.29) is 11.8 Å². The highest BCUT2D eigenvalue weighted by molar-refractivity contribution is 5.98. The lowest BCUT2D eigenvalue weighted by Gasteiger charge is -2.24. The van der Waals surface area contributed by atoms with Crippen molar-refractivity contribution >= 4 is 16.9 Å². The molecule has 28 heavy (non-hydrogen) atoms. The number of hydrogen-bond donors (Lipinski definition) is 0. The van der Waals surface area contributed by atoms with Crippen LogP contribution in [0, 0.1) is 12.7 Å². The maximum atomic E-state index is 14.2. The number of rotatable bonds is 6. The average Bonchev–Trinajstić information content (AvgIpc) is 3.54. The Morgan fingerprint density at radius 2 is 1.86 bits per heavy atom. The highest BCUT2D eigenvalue weighted by Crippen LogP contribution is 2.32. The highest BCUT2D eigenvalue weighted by Gasteiger charge is 2.31. The Morgan fingerprint density at radius 1 is 1.14 bits per heavy atom. The minimum Gasteiger partial charge on any atom is -0.465 e. The Hall–Kier alpha value is -2.79. The third-order valence-corrected chi connectivity index (χ3v) is 5.36. The number of fused-ring (bicyclic) bond motifs is 1. The standard InChI is InChI=1S/C23H23FN2O2/c1-15-18-8-4-6-10-20(18)25-21(22(15)23(27)28-2)14-26(17-11-12-17)13-16-7-3-5-9-19(16)24/h3-10,17H,11-14H2,1-2H3. The maximum Gasteiger partial charge on any atom is 0.340 e. The van der Waals surface area contributed by atoms with Crippen LogP contribution in [0.2, 0.25) is 0 Å². The molecule has 1 aliphatic rings. The average molecular weight is 378 g/mol. The van der Waals surface area contributed by atoms with E-state index in [0.717, 1.165) is 29.3 Å². The quantitative estimate of drug-likeness (QED) is 0.587. The van der Waals surface area contributed by atoms with Gasteiger partial charge in [-0.25, -0.2) is 9.18 Å². The summed E-state index contributed by atoms with van der Waals surface area (Å²) in [4.78, 5) is 19.5. The number of esters is 1. The number of nitrogens with zero attached hydrogens (tertiary/aromatic N) is 2. The summed E-state index contributed by atoms with van der Waals surface area (Å²) in [6.45, 7) is 2.90. The highest BCUT2D eigenvalue weighted by atomic mass is 19.1. The van der Waals surface area contributed by atoms with Crippen molar-refractivity contribution in [2.75, 3.05) is 7.11 Å². The Morgan fingerprint density at radius 3 is 2.57 bits per heavy atom. The number of halogens is 1. The second-order valence-corrected chi connectivity index (χ2v) is 7.29. The zero-order valence-corrected chi connectivity index (χ0v) is 16.1. The van der Waals surface area contributed by atoms with Gasteiger partial charge in [-0.2, -0.15) is 0 Å². The van der Waals surface area contributed by atoms with E-state index in [1.54, 1.807) is 6.07 Å². The normalized spacial score (nSPS) is 13.9. The lowest BCUT2D eigenvalue weighted by atomic mass is 10.0. The molecular weight excluding hydrogens is 355 g/mol. The van der Waals surface area contributed by atoms with Crippen molar-refractivity contribution in [1.82, 2.24) is 9.88 Å². The van der Waals surface area contributed by atoms with Crippen LogP contribution in [0.5, 0.6) is 0 Å². The van der Waals surface area contributed by atoms with Crippen LogP contribution in [0.4, 0.5) is 4.39 Å². The van der Waals surface area contributed by atoms with Crippen LogP contribution < -0.4 is 0 Å². The first kappa shape index (κ1) is 18.6. The molecule has 0 atom stereocenters. The molecular formula is C23H23FN2O2. The molecule has 1 saturated carbocycles. The summed E-state index contributed by atoms with van der Waals surface area (Å²) in [7, 11) is 1.39. The van der Waals surface area contributed by atoms with Gasteiger partial charge in [-0.15, -0.1) is 0 Å². The number of pyridine rings is 1. The largest absolute Gasteiger partial charge is 0.465 e. The minimum absolute atomic E-state index is 0.205. The van der Waals surface area contributed by atoms with Crippen LogP contribution in [-0.4, -0.2) is 29.0 Å². The van der Waals surface area contributed by atoms with Crippen molar-refractivity contribution in [3.8, 4) is 0 Å². The first-order valence-electron chi connectivity index (χ1n) is 9.52. The molecule has 2 aromatic carbocycles. The monoisotopic (exact) mass is 378 g/mol. The summed E-state index contributed by atoms with van der Waals surface area (Å²) < 4.78 is 19.2. The SMILES string of the molecule is COC(=O)c1c(CN(Cc2ccccc2F)C2CC2)nc2ccccc2c1C. The second kappa shape index (κ2) is 7.68. The van der Waals surface area contributed by atoms with Crippen molar-refractivity contribution in [3.05, 3.63) is 76.7 Å². The van der Waals surface area contributed by atoms with Crippen LogP contribution in [0.1, 0.15) is 40.0 Å². The Balaban J connectivity index is 1.74. The van der Waals surface area contributed by atoms with Crippen LogP contribution in [-0.2, 0) is 17.8 Å². The first-order valence-corrected chi connectivity index (χ1v) is 9.52. The number of benzene rings is 2. The first-order chi connectivity index (χ1) is 13.6. The van der Waals surface area contributed by atoms with Gasteiger partial charge in [0, 0.05) is 30.1 Å². The number of carbonyl (C=O) groups excluding carboxylic acids is 1. The zero-order chi connectivity index (χ0) is 19.7. The van der Waals surface area contributed by atoms with Crippen molar-refractivity contribution < 1.29 is 13.9 Å². The summed E-state index contributed by atoms with van der Waals surface area (Å²) in [5, 5.41) is 0.943. The second-order valence-electron chi connectivity index (χ2n) is 7.29. The van der Waals surface area contributed by atoms with E-state index in [0.29, 0.717) is 36.0 Å². The van der Waals surface area contributed by atoms with Gasteiger partial charge in [0.05, 0.1) is 23.9 Å². The molecule has 144 valence electrons. The molecule has 4 nitrogen and oxygen atoms in total. The van der Waals surface area contributed by atoms with Crippen LogP contribution >= 0.6 is 0 Å². The fraction of sp³-hybridized carbons (Fsp3) is 0.304. The van der Waals surface area contributed by atoms with E-state index in [4.69, 9.17) is 9.72 Å². The van der Waals surface area contributed by atoms with Crippen molar-refractivity contribution in [3.63, 3.8) is 0 Å². The van der Waals surface area contributed by atoms with Gasteiger partial charge in [0.25, 0.3) is 0 Å². The van der Waals surface area contributed by atoms with E-state index in [1.165, 1.54) is 13.2 Å². The van der Waals surface area contributed by atoms with Gasteiger partial charge < -0.3 is 4.74 Å². The fourth-order valence-electron chi connectivity index (χ4n) is 3.72. The molecule has 4 rings (SSSR count). The number of carbonyl (C=O) groups is 1. The van der Waals surface area contributed by atoms with Gasteiger partial charge >= 0.3 is 5.97 Å². The van der Waals surface area contributed by atoms with Gasteiger partial charge in [-0.1, -0.05) is 36.4 Å². The fourth-order valence-corrected chi connectivity index (χ4v) is 3.72. The molecule has 0 aliphatic heterocycles. The Labute approximate surface area is 164 Å². The number of aryl methyl sites for hydroxylation is 1. The van der Waals surface area contributed by atoms with E-state index in [9.17, 15) is 9.18 Å². The third-order valence-electron chi connectivity index (χ3n) is 5.36. The molecule has 0 saturated heterocycles. The topological polar surface area (TPSA) is 42.4 Å². The van der Waals surface area contributed by atoms with Crippen molar-refractivity contribution in [2.24, 2.45) is 0 Å². The zero-order valence-electron chi connectivity index (χ0n) is 16.1. The van der Waals surface area contributed by atoms with Gasteiger partial charge in [-0.05, 0) is 37.5 Å². The van der Waals surface area contributed by atoms with E-state index < -0.39 is 0 Å². The molecule has 1 aromatic heterocycles. The van der Waals surface area contributed by atoms with E-state index in [2.05, 4.69) is 4.90 Å². The summed E-state index contributed by atoms with van der Waals surface area (Å²) in [6.07, 6.45) is 2.16. The number of para-hydroxylation sites is 1. The smallest absolute Gasteiger partial charge is 0.340 e. The lowest BCUT2D eigenvalue weighted by molar-refractivity contribution is 0.0596. The van der Waals surface area contributed by atoms with Crippen LogP contribution in [0.3, 0.4) is 0 Å². The number of methoxy groups -OCH3 is 1.